The van der Waals surface area contributed by atoms with E-state index in [1.54, 1.807) is 7.11 Å². The van der Waals surface area contributed by atoms with Gasteiger partial charge in [-0.15, -0.1) is 0 Å². The zero-order valence-electron chi connectivity index (χ0n) is 11.1. The standard InChI is InChI=1S/C17H18O2/c1-18-15-9-10-17-14(11-15)12-16(19-17)8-7-13-5-3-2-4-6-13/h2-6,9-11,16H,7-8,12H2,1H3/t16-/m1/s1. The average Bonchev–Trinajstić information content (AvgIpc) is 2.88. The van der Waals surface area contributed by atoms with Crippen LogP contribution in [0.15, 0.2) is 48.5 Å². The molecule has 0 bridgehead atoms. The summed E-state index contributed by atoms with van der Waals surface area (Å²) in [7, 11) is 1.70. The first kappa shape index (κ1) is 12.1. The Hall–Kier alpha value is -1.96. The summed E-state index contributed by atoms with van der Waals surface area (Å²) >= 11 is 0. The summed E-state index contributed by atoms with van der Waals surface area (Å²) < 4.78 is 11.2. The average molecular weight is 254 g/mol. The Balaban J connectivity index is 1.61. The maximum Gasteiger partial charge on any atom is 0.123 e. The van der Waals surface area contributed by atoms with Crippen molar-refractivity contribution in [3.63, 3.8) is 0 Å². The highest BCUT2D eigenvalue weighted by atomic mass is 16.5. The van der Waals surface area contributed by atoms with Crippen LogP contribution in [0.4, 0.5) is 0 Å². The number of methoxy groups -OCH3 is 1. The Labute approximate surface area is 114 Å². The molecule has 0 saturated heterocycles. The topological polar surface area (TPSA) is 18.5 Å². The van der Waals surface area contributed by atoms with E-state index in [1.165, 1.54) is 11.1 Å². The second-order valence-corrected chi connectivity index (χ2v) is 4.94. The monoisotopic (exact) mass is 254 g/mol. The van der Waals surface area contributed by atoms with Crippen LogP contribution in [0.5, 0.6) is 11.5 Å². The lowest BCUT2D eigenvalue weighted by molar-refractivity contribution is 0.222. The Morgan fingerprint density at radius 2 is 2.00 bits per heavy atom. The fourth-order valence-electron chi connectivity index (χ4n) is 2.56. The van der Waals surface area contributed by atoms with Crippen LogP contribution in [-0.2, 0) is 12.8 Å². The van der Waals surface area contributed by atoms with E-state index in [9.17, 15) is 0 Å². The van der Waals surface area contributed by atoms with Gasteiger partial charge in [0.15, 0.2) is 0 Å². The number of hydrogen-bond donors (Lipinski definition) is 0. The van der Waals surface area contributed by atoms with Crippen LogP contribution in [0.25, 0.3) is 0 Å². The van der Waals surface area contributed by atoms with Crippen LogP contribution in [0.2, 0.25) is 0 Å². The van der Waals surface area contributed by atoms with E-state index >= 15 is 0 Å². The van der Waals surface area contributed by atoms with E-state index in [4.69, 9.17) is 9.47 Å². The quantitative estimate of drug-likeness (QED) is 0.829. The lowest BCUT2D eigenvalue weighted by Crippen LogP contribution is -2.13. The van der Waals surface area contributed by atoms with E-state index in [0.717, 1.165) is 30.8 Å². The Morgan fingerprint density at radius 3 is 2.79 bits per heavy atom. The number of aryl methyl sites for hydroxylation is 1. The third-order valence-electron chi connectivity index (χ3n) is 3.61. The molecule has 0 aromatic heterocycles. The Morgan fingerprint density at radius 1 is 1.16 bits per heavy atom. The highest BCUT2D eigenvalue weighted by Crippen LogP contribution is 2.33. The summed E-state index contributed by atoms with van der Waals surface area (Å²) in [6, 6.07) is 16.6. The molecule has 0 unspecified atom stereocenters. The zero-order chi connectivity index (χ0) is 13.1. The van der Waals surface area contributed by atoms with Crippen LogP contribution in [0.1, 0.15) is 17.5 Å². The van der Waals surface area contributed by atoms with E-state index in [1.807, 2.05) is 12.1 Å². The predicted molar refractivity (Wildman–Crippen MR) is 75.9 cm³/mol. The minimum Gasteiger partial charge on any atom is -0.497 e. The number of fused-ring (bicyclic) bond motifs is 1. The molecule has 0 amide bonds. The van der Waals surface area contributed by atoms with E-state index in [0.29, 0.717) is 6.10 Å². The van der Waals surface area contributed by atoms with E-state index in [-0.39, 0.29) is 0 Å². The van der Waals surface area contributed by atoms with Crippen LogP contribution in [0.3, 0.4) is 0 Å². The molecule has 3 rings (SSSR count). The van der Waals surface area contributed by atoms with Gasteiger partial charge in [0.1, 0.15) is 17.6 Å². The molecule has 19 heavy (non-hydrogen) atoms. The van der Waals surface area contributed by atoms with E-state index in [2.05, 4.69) is 36.4 Å². The minimum atomic E-state index is 0.294. The minimum absolute atomic E-state index is 0.294. The summed E-state index contributed by atoms with van der Waals surface area (Å²) in [4.78, 5) is 0. The normalized spacial score (nSPS) is 16.8. The fraction of sp³-hybridized carbons (Fsp3) is 0.294. The third-order valence-corrected chi connectivity index (χ3v) is 3.61. The van der Waals surface area contributed by atoms with E-state index < -0.39 is 0 Å². The number of ether oxygens (including phenoxy) is 2. The molecular weight excluding hydrogens is 236 g/mol. The molecule has 98 valence electrons. The van der Waals surface area contributed by atoms with Crippen LogP contribution in [0, 0.1) is 0 Å². The number of hydrogen-bond acceptors (Lipinski definition) is 2. The zero-order valence-corrected chi connectivity index (χ0v) is 11.1. The highest BCUT2D eigenvalue weighted by molar-refractivity contribution is 5.43. The molecule has 2 heteroatoms. The van der Waals surface area contributed by atoms with Crippen molar-refractivity contribution in [2.24, 2.45) is 0 Å². The molecule has 0 fully saturated rings. The first-order valence-corrected chi connectivity index (χ1v) is 6.72. The Kier molecular flexibility index (Phi) is 3.41. The maximum atomic E-state index is 5.97. The molecule has 0 saturated carbocycles. The molecule has 2 aromatic carbocycles. The molecule has 0 aliphatic carbocycles. The van der Waals surface area contributed by atoms with Crippen molar-refractivity contribution in [1.82, 2.24) is 0 Å². The summed E-state index contributed by atoms with van der Waals surface area (Å²) in [5, 5.41) is 0. The molecule has 1 atom stereocenters. The van der Waals surface area contributed by atoms with Crippen LogP contribution >= 0.6 is 0 Å². The first-order valence-electron chi connectivity index (χ1n) is 6.72. The van der Waals surface area contributed by atoms with Gasteiger partial charge in [0, 0.05) is 12.0 Å². The highest BCUT2D eigenvalue weighted by Gasteiger charge is 2.22. The molecule has 1 heterocycles. The summed E-state index contributed by atoms with van der Waals surface area (Å²) in [6.07, 6.45) is 3.40. The number of benzene rings is 2. The lowest BCUT2D eigenvalue weighted by Gasteiger charge is -2.10. The summed E-state index contributed by atoms with van der Waals surface area (Å²) in [5.41, 5.74) is 2.64. The second-order valence-electron chi connectivity index (χ2n) is 4.94. The van der Waals surface area contributed by atoms with Gasteiger partial charge in [0.25, 0.3) is 0 Å². The smallest absolute Gasteiger partial charge is 0.123 e. The maximum absolute atomic E-state index is 5.97. The van der Waals surface area contributed by atoms with Crippen molar-refractivity contribution in [3.8, 4) is 11.5 Å². The molecule has 0 spiro atoms. The van der Waals surface area contributed by atoms with Gasteiger partial charge in [-0.05, 0) is 36.6 Å². The van der Waals surface area contributed by atoms with Gasteiger partial charge < -0.3 is 9.47 Å². The van der Waals surface area contributed by atoms with Gasteiger partial charge in [0.2, 0.25) is 0 Å². The second kappa shape index (κ2) is 5.35. The molecular formula is C17H18O2. The number of rotatable bonds is 4. The molecule has 0 N–H and O–H groups in total. The van der Waals surface area contributed by atoms with Crippen molar-refractivity contribution >= 4 is 0 Å². The van der Waals surface area contributed by atoms with Gasteiger partial charge >= 0.3 is 0 Å². The molecule has 1 aliphatic heterocycles. The fourth-order valence-corrected chi connectivity index (χ4v) is 2.56. The van der Waals surface area contributed by atoms with Crippen molar-refractivity contribution < 1.29 is 9.47 Å². The van der Waals surface area contributed by atoms with Gasteiger partial charge in [-0.2, -0.15) is 0 Å². The molecule has 1 aliphatic rings. The van der Waals surface area contributed by atoms with Crippen LogP contribution in [-0.4, -0.2) is 13.2 Å². The summed E-state index contributed by atoms with van der Waals surface area (Å²) in [6.45, 7) is 0. The molecule has 2 nitrogen and oxygen atoms in total. The first-order chi connectivity index (χ1) is 9.35. The van der Waals surface area contributed by atoms with Crippen molar-refractivity contribution in [3.05, 3.63) is 59.7 Å². The lowest BCUT2D eigenvalue weighted by atomic mass is 10.0. The third kappa shape index (κ3) is 2.73. The summed E-state index contributed by atoms with van der Waals surface area (Å²) in [5.74, 6) is 1.92. The van der Waals surface area contributed by atoms with Crippen LogP contribution < -0.4 is 9.47 Å². The van der Waals surface area contributed by atoms with Gasteiger partial charge in [-0.1, -0.05) is 30.3 Å². The Bertz CT molecular complexity index is 548. The largest absolute Gasteiger partial charge is 0.497 e. The molecule has 0 radical (unpaired) electrons. The van der Waals surface area contributed by atoms with Crippen molar-refractivity contribution in [2.75, 3.05) is 7.11 Å². The SMILES string of the molecule is COc1ccc2c(c1)C[C@@H](CCc1ccccc1)O2. The molecule has 2 aromatic rings. The van der Waals surface area contributed by atoms with Crippen molar-refractivity contribution in [2.45, 2.75) is 25.4 Å². The van der Waals surface area contributed by atoms with Crippen molar-refractivity contribution in [1.29, 1.82) is 0 Å². The predicted octanol–water partition coefficient (Wildman–Crippen LogP) is 3.63. The van der Waals surface area contributed by atoms with Gasteiger partial charge in [-0.3, -0.25) is 0 Å². The van der Waals surface area contributed by atoms with Gasteiger partial charge in [-0.25, -0.2) is 0 Å². The van der Waals surface area contributed by atoms with Gasteiger partial charge in [0.05, 0.1) is 7.11 Å².